The molecule has 0 aromatic heterocycles. The lowest BCUT2D eigenvalue weighted by Gasteiger charge is -2.22. The van der Waals surface area contributed by atoms with Crippen LogP contribution in [0, 0.1) is 5.92 Å². The minimum atomic E-state index is -0.0738. The summed E-state index contributed by atoms with van der Waals surface area (Å²) in [6.45, 7) is 2.33. The van der Waals surface area contributed by atoms with Gasteiger partial charge in [0.2, 0.25) is 0 Å². The van der Waals surface area contributed by atoms with Gasteiger partial charge in [-0.2, -0.15) is 0 Å². The highest BCUT2D eigenvalue weighted by atomic mass is 16.3. The molecule has 1 aliphatic rings. The van der Waals surface area contributed by atoms with Crippen LogP contribution in [-0.4, -0.2) is 48.0 Å². The van der Waals surface area contributed by atoms with Gasteiger partial charge in [-0.1, -0.05) is 6.42 Å². The summed E-state index contributed by atoms with van der Waals surface area (Å²) in [5.41, 5.74) is 0. The smallest absolute Gasteiger partial charge is 0.0580 e. The van der Waals surface area contributed by atoms with Gasteiger partial charge in [0, 0.05) is 13.2 Å². The second-order valence-electron chi connectivity index (χ2n) is 4.45. The molecule has 84 valence electrons. The van der Waals surface area contributed by atoms with Crippen LogP contribution in [0.4, 0.5) is 0 Å². The topological polar surface area (TPSA) is 43.7 Å². The summed E-state index contributed by atoms with van der Waals surface area (Å²) in [6, 6.07) is 0. The highest BCUT2D eigenvalue weighted by Crippen LogP contribution is 2.25. The van der Waals surface area contributed by atoms with Crippen molar-refractivity contribution in [1.82, 2.24) is 4.90 Å². The number of hydrogen-bond acceptors (Lipinski definition) is 3. The molecule has 1 aliphatic carbocycles. The molecule has 0 radical (unpaired) electrons. The zero-order valence-electron chi connectivity index (χ0n) is 9.15. The molecule has 0 spiro atoms. The Hall–Kier alpha value is -0.120. The largest absolute Gasteiger partial charge is 0.396 e. The van der Waals surface area contributed by atoms with Gasteiger partial charge >= 0.3 is 0 Å². The molecule has 14 heavy (non-hydrogen) atoms. The summed E-state index contributed by atoms with van der Waals surface area (Å²) in [7, 11) is 2.10. The average molecular weight is 201 g/mol. The van der Waals surface area contributed by atoms with Crippen LogP contribution in [0.1, 0.15) is 32.1 Å². The van der Waals surface area contributed by atoms with Crippen molar-refractivity contribution in [2.45, 2.75) is 38.2 Å². The molecule has 1 rings (SSSR count). The number of aliphatic hydroxyl groups excluding tert-OH is 2. The Labute approximate surface area is 86.7 Å². The molecule has 2 unspecified atom stereocenters. The van der Waals surface area contributed by atoms with Gasteiger partial charge < -0.3 is 15.1 Å². The van der Waals surface area contributed by atoms with Crippen LogP contribution in [0.5, 0.6) is 0 Å². The Balaban J connectivity index is 2.09. The molecule has 0 aromatic carbocycles. The summed E-state index contributed by atoms with van der Waals surface area (Å²) >= 11 is 0. The van der Waals surface area contributed by atoms with E-state index in [1.54, 1.807) is 0 Å². The predicted molar refractivity (Wildman–Crippen MR) is 57.2 cm³/mol. The number of nitrogens with zero attached hydrogens (tertiary/aromatic N) is 1. The van der Waals surface area contributed by atoms with Gasteiger partial charge in [0.05, 0.1) is 6.10 Å². The second-order valence-corrected chi connectivity index (χ2v) is 4.45. The van der Waals surface area contributed by atoms with Crippen molar-refractivity contribution in [2.24, 2.45) is 5.92 Å². The fourth-order valence-corrected chi connectivity index (χ4v) is 2.22. The summed E-state index contributed by atoms with van der Waals surface area (Å²) in [4.78, 5) is 2.27. The van der Waals surface area contributed by atoms with E-state index >= 15 is 0 Å². The molecule has 3 heteroatoms. The second kappa shape index (κ2) is 6.38. The Morgan fingerprint density at radius 1 is 1.29 bits per heavy atom. The maximum Gasteiger partial charge on any atom is 0.0580 e. The van der Waals surface area contributed by atoms with Crippen LogP contribution >= 0.6 is 0 Å². The molecular weight excluding hydrogens is 178 g/mol. The third kappa shape index (κ3) is 3.95. The number of rotatable bonds is 6. The molecule has 0 aromatic rings. The van der Waals surface area contributed by atoms with Crippen molar-refractivity contribution < 1.29 is 10.2 Å². The lowest BCUT2D eigenvalue weighted by Crippen LogP contribution is -2.30. The highest BCUT2D eigenvalue weighted by molar-refractivity contribution is 4.78. The van der Waals surface area contributed by atoms with Crippen molar-refractivity contribution in [1.29, 1.82) is 0 Å². The molecule has 2 N–H and O–H groups in total. The van der Waals surface area contributed by atoms with Crippen LogP contribution in [-0.2, 0) is 0 Å². The SMILES string of the molecule is CN(CCCCO)CC1CCCC1O. The Bertz CT molecular complexity index is 152. The third-order valence-electron chi connectivity index (χ3n) is 3.11. The van der Waals surface area contributed by atoms with E-state index in [9.17, 15) is 5.11 Å². The van der Waals surface area contributed by atoms with E-state index in [2.05, 4.69) is 11.9 Å². The highest BCUT2D eigenvalue weighted by Gasteiger charge is 2.25. The summed E-state index contributed by atoms with van der Waals surface area (Å²) in [5.74, 6) is 0.481. The average Bonchev–Trinajstić information content (AvgIpc) is 2.52. The predicted octanol–water partition coefficient (Wildman–Crippen LogP) is 0.852. The van der Waals surface area contributed by atoms with Crippen LogP contribution in [0.3, 0.4) is 0 Å². The minimum absolute atomic E-state index is 0.0738. The van der Waals surface area contributed by atoms with Gasteiger partial charge in [-0.3, -0.25) is 0 Å². The van der Waals surface area contributed by atoms with Crippen molar-refractivity contribution >= 4 is 0 Å². The summed E-state index contributed by atoms with van der Waals surface area (Å²) in [5, 5.41) is 18.3. The number of unbranched alkanes of at least 4 members (excludes halogenated alkanes) is 1. The maximum absolute atomic E-state index is 9.64. The van der Waals surface area contributed by atoms with Crippen LogP contribution in [0.15, 0.2) is 0 Å². The van der Waals surface area contributed by atoms with Gasteiger partial charge in [0.1, 0.15) is 0 Å². The van der Waals surface area contributed by atoms with Gasteiger partial charge in [-0.15, -0.1) is 0 Å². The molecule has 1 saturated carbocycles. The fraction of sp³-hybridized carbons (Fsp3) is 1.00. The fourth-order valence-electron chi connectivity index (χ4n) is 2.22. The minimum Gasteiger partial charge on any atom is -0.396 e. The van der Waals surface area contributed by atoms with E-state index in [0.717, 1.165) is 32.4 Å². The molecular formula is C11H23NO2. The molecule has 0 amide bonds. The normalized spacial score (nSPS) is 27.4. The Morgan fingerprint density at radius 3 is 2.64 bits per heavy atom. The number of hydrogen-bond donors (Lipinski definition) is 2. The summed E-state index contributed by atoms with van der Waals surface area (Å²) in [6.07, 6.45) is 5.19. The monoisotopic (exact) mass is 201 g/mol. The standard InChI is InChI=1S/C11H23NO2/c1-12(7-2-3-8-13)9-10-5-4-6-11(10)14/h10-11,13-14H,2-9H2,1H3. The lowest BCUT2D eigenvalue weighted by molar-refractivity contribution is 0.108. The first-order valence-electron chi connectivity index (χ1n) is 5.71. The zero-order chi connectivity index (χ0) is 10.4. The van der Waals surface area contributed by atoms with Crippen LogP contribution < -0.4 is 0 Å². The lowest BCUT2D eigenvalue weighted by atomic mass is 10.1. The zero-order valence-corrected chi connectivity index (χ0v) is 9.15. The first kappa shape index (κ1) is 12.0. The first-order valence-corrected chi connectivity index (χ1v) is 5.71. The van der Waals surface area contributed by atoms with Crippen LogP contribution in [0.25, 0.3) is 0 Å². The van der Waals surface area contributed by atoms with E-state index in [4.69, 9.17) is 5.11 Å². The van der Waals surface area contributed by atoms with Crippen molar-refractivity contribution in [2.75, 3.05) is 26.7 Å². The van der Waals surface area contributed by atoms with E-state index in [-0.39, 0.29) is 6.10 Å². The van der Waals surface area contributed by atoms with Crippen LogP contribution in [0.2, 0.25) is 0 Å². The Kier molecular flexibility index (Phi) is 5.45. The number of aliphatic hydroxyl groups is 2. The van der Waals surface area contributed by atoms with E-state index < -0.39 is 0 Å². The van der Waals surface area contributed by atoms with Crippen molar-refractivity contribution in [3.05, 3.63) is 0 Å². The molecule has 0 aliphatic heterocycles. The molecule has 0 saturated heterocycles. The van der Waals surface area contributed by atoms with Gasteiger partial charge in [0.25, 0.3) is 0 Å². The maximum atomic E-state index is 9.64. The van der Waals surface area contributed by atoms with Crippen molar-refractivity contribution in [3.63, 3.8) is 0 Å². The van der Waals surface area contributed by atoms with Gasteiger partial charge in [-0.05, 0) is 45.2 Å². The third-order valence-corrected chi connectivity index (χ3v) is 3.11. The molecule has 0 bridgehead atoms. The van der Waals surface area contributed by atoms with E-state index in [0.29, 0.717) is 12.5 Å². The Morgan fingerprint density at radius 2 is 2.07 bits per heavy atom. The van der Waals surface area contributed by atoms with E-state index in [1.807, 2.05) is 0 Å². The first-order chi connectivity index (χ1) is 6.74. The molecule has 1 fully saturated rings. The van der Waals surface area contributed by atoms with Crippen molar-refractivity contribution in [3.8, 4) is 0 Å². The molecule has 3 nitrogen and oxygen atoms in total. The molecule has 2 atom stereocenters. The van der Waals surface area contributed by atoms with E-state index in [1.165, 1.54) is 12.8 Å². The molecule has 0 heterocycles. The quantitative estimate of drug-likeness (QED) is 0.626. The van der Waals surface area contributed by atoms with Gasteiger partial charge in [-0.25, -0.2) is 0 Å². The van der Waals surface area contributed by atoms with Gasteiger partial charge in [0.15, 0.2) is 0 Å². The summed E-state index contributed by atoms with van der Waals surface area (Å²) < 4.78 is 0.